The molecule has 1 heterocycles. The molecule has 154 valence electrons. The second-order valence-corrected chi connectivity index (χ2v) is 7.12. The average Bonchev–Trinajstić information content (AvgIpc) is 2.66. The number of aliphatic carboxylic acids is 1. The number of carbonyl (C=O) groups excluding carboxylic acids is 2. The van der Waals surface area contributed by atoms with Crippen molar-refractivity contribution in [1.29, 1.82) is 0 Å². The highest BCUT2D eigenvalue weighted by molar-refractivity contribution is 5.84. The van der Waals surface area contributed by atoms with E-state index in [0.717, 1.165) is 32.7 Å². The third-order valence-electron chi connectivity index (χ3n) is 4.94. The summed E-state index contributed by atoms with van der Waals surface area (Å²) in [7, 11) is 0. The zero-order chi connectivity index (χ0) is 20.5. The first-order valence-electron chi connectivity index (χ1n) is 9.62. The van der Waals surface area contributed by atoms with Gasteiger partial charge in [-0.3, -0.25) is 19.4 Å². The Bertz CT molecular complexity index is 659. The largest absolute Gasteiger partial charge is 0.480 e. The van der Waals surface area contributed by atoms with E-state index < -0.39 is 12.0 Å². The van der Waals surface area contributed by atoms with Crippen molar-refractivity contribution in [1.82, 2.24) is 20.0 Å². The first-order valence-corrected chi connectivity index (χ1v) is 9.62. The maximum Gasteiger partial charge on any atom is 0.326 e. The van der Waals surface area contributed by atoms with Gasteiger partial charge in [0.15, 0.2) is 0 Å². The van der Waals surface area contributed by atoms with Gasteiger partial charge in [-0.25, -0.2) is 4.79 Å². The standard InChI is InChI=1S/C20H30N4O4/c1-16(20(27)28)24(9-8-21-17(2)25)19(26)15-23-12-10-22(11-13-23)14-18-6-4-3-5-7-18/h3-7,16H,8-15H2,1-2H3,(H,21,25)(H,27,28). The van der Waals surface area contributed by atoms with Gasteiger partial charge in [-0.05, 0) is 12.5 Å². The van der Waals surface area contributed by atoms with E-state index >= 15 is 0 Å². The molecule has 1 unspecified atom stereocenters. The number of amides is 2. The summed E-state index contributed by atoms with van der Waals surface area (Å²) in [6, 6.07) is 9.35. The van der Waals surface area contributed by atoms with E-state index in [1.807, 2.05) is 18.2 Å². The Morgan fingerprint density at radius 2 is 1.71 bits per heavy atom. The number of hydrogen-bond acceptors (Lipinski definition) is 5. The van der Waals surface area contributed by atoms with Gasteiger partial charge in [0.05, 0.1) is 6.54 Å². The highest BCUT2D eigenvalue weighted by Crippen LogP contribution is 2.09. The minimum Gasteiger partial charge on any atom is -0.480 e. The Labute approximate surface area is 166 Å². The molecule has 1 fully saturated rings. The third-order valence-corrected chi connectivity index (χ3v) is 4.94. The molecule has 2 rings (SSSR count). The number of piperazine rings is 1. The van der Waals surface area contributed by atoms with Crippen LogP contribution >= 0.6 is 0 Å². The van der Waals surface area contributed by atoms with Gasteiger partial charge in [0.1, 0.15) is 6.04 Å². The van der Waals surface area contributed by atoms with E-state index in [0.29, 0.717) is 0 Å². The van der Waals surface area contributed by atoms with E-state index in [1.54, 1.807) is 0 Å². The molecule has 0 aromatic heterocycles. The first kappa shape index (κ1) is 21.8. The fourth-order valence-corrected chi connectivity index (χ4v) is 3.25. The molecule has 0 bridgehead atoms. The molecule has 1 atom stereocenters. The van der Waals surface area contributed by atoms with Crippen LogP contribution in [0.1, 0.15) is 19.4 Å². The molecule has 8 heteroatoms. The number of rotatable bonds is 9. The Morgan fingerprint density at radius 1 is 1.11 bits per heavy atom. The summed E-state index contributed by atoms with van der Waals surface area (Å²) in [5.74, 6) is -1.48. The van der Waals surface area contributed by atoms with Crippen LogP contribution in [0.5, 0.6) is 0 Å². The normalized spacial score (nSPS) is 16.4. The summed E-state index contributed by atoms with van der Waals surface area (Å²) in [5.41, 5.74) is 1.27. The zero-order valence-electron chi connectivity index (χ0n) is 16.6. The van der Waals surface area contributed by atoms with Crippen molar-refractivity contribution in [2.45, 2.75) is 26.4 Å². The summed E-state index contributed by atoms with van der Waals surface area (Å²) >= 11 is 0. The molecule has 0 aliphatic carbocycles. The summed E-state index contributed by atoms with van der Waals surface area (Å²) in [6.45, 7) is 7.64. The van der Waals surface area contributed by atoms with E-state index in [1.165, 1.54) is 24.3 Å². The SMILES string of the molecule is CC(=O)NCCN(C(=O)CN1CCN(Cc2ccccc2)CC1)C(C)C(=O)O. The Hall–Kier alpha value is -2.45. The van der Waals surface area contributed by atoms with Crippen LogP contribution in [0.4, 0.5) is 0 Å². The van der Waals surface area contributed by atoms with Crippen molar-refractivity contribution in [3.63, 3.8) is 0 Å². The van der Waals surface area contributed by atoms with Crippen LogP contribution in [0.25, 0.3) is 0 Å². The van der Waals surface area contributed by atoms with Gasteiger partial charge in [0, 0.05) is 52.7 Å². The van der Waals surface area contributed by atoms with E-state index in [-0.39, 0.29) is 31.4 Å². The first-order chi connectivity index (χ1) is 13.4. The molecule has 0 spiro atoms. The minimum absolute atomic E-state index is 0.180. The lowest BCUT2D eigenvalue weighted by Gasteiger charge is -2.36. The Kier molecular flexibility index (Phi) is 8.41. The van der Waals surface area contributed by atoms with Gasteiger partial charge in [0.25, 0.3) is 0 Å². The van der Waals surface area contributed by atoms with Crippen LogP contribution in [-0.4, -0.2) is 89.4 Å². The van der Waals surface area contributed by atoms with Crippen molar-refractivity contribution in [2.75, 3.05) is 45.8 Å². The highest BCUT2D eigenvalue weighted by Gasteiger charge is 2.27. The number of hydrogen-bond donors (Lipinski definition) is 2. The van der Waals surface area contributed by atoms with Crippen LogP contribution < -0.4 is 5.32 Å². The monoisotopic (exact) mass is 390 g/mol. The number of benzene rings is 1. The molecule has 1 aliphatic rings. The lowest BCUT2D eigenvalue weighted by Crippen LogP contribution is -2.53. The maximum atomic E-state index is 12.7. The Morgan fingerprint density at radius 3 is 2.29 bits per heavy atom. The smallest absolute Gasteiger partial charge is 0.326 e. The van der Waals surface area contributed by atoms with Crippen molar-refractivity contribution < 1.29 is 19.5 Å². The average molecular weight is 390 g/mol. The van der Waals surface area contributed by atoms with Crippen LogP contribution in [0.15, 0.2) is 30.3 Å². The van der Waals surface area contributed by atoms with Gasteiger partial charge in [-0.15, -0.1) is 0 Å². The number of carbonyl (C=O) groups is 3. The zero-order valence-corrected chi connectivity index (χ0v) is 16.6. The number of nitrogens with one attached hydrogen (secondary N) is 1. The molecule has 1 aromatic rings. The minimum atomic E-state index is -1.05. The molecule has 2 N–H and O–H groups in total. The molecule has 1 aromatic carbocycles. The lowest BCUT2D eigenvalue weighted by atomic mass is 10.2. The third kappa shape index (κ3) is 6.94. The fraction of sp³-hybridized carbons (Fsp3) is 0.550. The van der Waals surface area contributed by atoms with Gasteiger partial charge in [0.2, 0.25) is 11.8 Å². The van der Waals surface area contributed by atoms with Crippen LogP contribution in [0, 0.1) is 0 Å². The Balaban J connectivity index is 1.83. The van der Waals surface area contributed by atoms with Crippen molar-refractivity contribution in [2.24, 2.45) is 0 Å². The fourth-order valence-electron chi connectivity index (χ4n) is 3.25. The van der Waals surface area contributed by atoms with E-state index in [2.05, 4.69) is 27.2 Å². The molecular formula is C20H30N4O4. The second kappa shape index (κ2) is 10.8. The van der Waals surface area contributed by atoms with Crippen molar-refractivity contribution >= 4 is 17.8 Å². The van der Waals surface area contributed by atoms with Crippen molar-refractivity contribution in [3.05, 3.63) is 35.9 Å². The number of carboxylic acids is 1. The highest BCUT2D eigenvalue weighted by atomic mass is 16.4. The molecular weight excluding hydrogens is 360 g/mol. The lowest BCUT2D eigenvalue weighted by molar-refractivity contribution is -0.150. The summed E-state index contributed by atoms with van der Waals surface area (Å²) < 4.78 is 0. The van der Waals surface area contributed by atoms with Crippen LogP contribution in [-0.2, 0) is 20.9 Å². The predicted molar refractivity (Wildman–Crippen MR) is 106 cm³/mol. The van der Waals surface area contributed by atoms with Crippen LogP contribution in [0.2, 0.25) is 0 Å². The molecule has 0 saturated carbocycles. The predicted octanol–water partition coefficient (Wildman–Crippen LogP) is 0.242. The van der Waals surface area contributed by atoms with E-state index in [9.17, 15) is 19.5 Å². The molecule has 1 aliphatic heterocycles. The van der Waals surface area contributed by atoms with E-state index in [4.69, 9.17) is 0 Å². The van der Waals surface area contributed by atoms with Gasteiger partial charge < -0.3 is 15.3 Å². The van der Waals surface area contributed by atoms with Crippen LogP contribution in [0.3, 0.4) is 0 Å². The van der Waals surface area contributed by atoms with Gasteiger partial charge in [-0.2, -0.15) is 0 Å². The summed E-state index contributed by atoms with van der Waals surface area (Å²) in [6.07, 6.45) is 0. The summed E-state index contributed by atoms with van der Waals surface area (Å²) in [5, 5.41) is 11.9. The number of carboxylic acid groups (broad SMARTS) is 1. The van der Waals surface area contributed by atoms with Crippen molar-refractivity contribution in [3.8, 4) is 0 Å². The van der Waals surface area contributed by atoms with Gasteiger partial charge >= 0.3 is 5.97 Å². The molecule has 0 radical (unpaired) electrons. The second-order valence-electron chi connectivity index (χ2n) is 7.12. The topological polar surface area (TPSA) is 93.2 Å². The molecule has 2 amide bonds. The van der Waals surface area contributed by atoms with Gasteiger partial charge in [-0.1, -0.05) is 30.3 Å². The molecule has 28 heavy (non-hydrogen) atoms. The quantitative estimate of drug-likeness (QED) is 0.628. The maximum absolute atomic E-state index is 12.7. The summed E-state index contributed by atoms with van der Waals surface area (Å²) in [4.78, 5) is 40.8. The number of nitrogens with zero attached hydrogens (tertiary/aromatic N) is 3. The molecule has 1 saturated heterocycles. The molecule has 8 nitrogen and oxygen atoms in total.